The molecule has 1 saturated heterocycles. The molecule has 0 amide bonds. The van der Waals surface area contributed by atoms with Gasteiger partial charge in [-0.2, -0.15) is 0 Å². The van der Waals surface area contributed by atoms with Crippen LogP contribution in [0.1, 0.15) is 25.0 Å². The van der Waals surface area contributed by atoms with E-state index in [-0.39, 0.29) is 0 Å². The highest BCUT2D eigenvalue weighted by molar-refractivity contribution is 5.78. The largest absolute Gasteiger partial charge is 0.389 e. The molecule has 0 radical (unpaired) electrons. The Hall–Kier alpha value is -1.45. The van der Waals surface area contributed by atoms with E-state index in [0.29, 0.717) is 6.42 Å². The van der Waals surface area contributed by atoms with E-state index in [1.54, 1.807) is 0 Å². The first-order chi connectivity index (χ1) is 9.25. The van der Waals surface area contributed by atoms with Crippen LogP contribution in [0.4, 0.5) is 0 Å². The Bertz CT molecular complexity index is 559. The molecule has 0 saturated carbocycles. The molecule has 1 fully saturated rings. The van der Waals surface area contributed by atoms with Crippen LogP contribution in [-0.2, 0) is 6.42 Å². The monoisotopic (exact) mass is 256 g/mol. The van der Waals surface area contributed by atoms with E-state index >= 15 is 0 Å². The maximum Gasteiger partial charge on any atom is 0.0715 e. The number of aliphatic hydroxyl groups is 1. The number of nitrogens with one attached hydrogen (secondary N) is 1. The zero-order valence-corrected chi connectivity index (χ0v) is 11.1. The van der Waals surface area contributed by atoms with Crippen LogP contribution in [0, 0.1) is 0 Å². The third kappa shape index (κ3) is 2.94. The maximum atomic E-state index is 10.7. The summed E-state index contributed by atoms with van der Waals surface area (Å²) in [6.45, 7) is 1.90. The molecule has 3 heteroatoms. The van der Waals surface area contributed by atoms with Gasteiger partial charge in [0, 0.05) is 17.5 Å². The highest BCUT2D eigenvalue weighted by Gasteiger charge is 2.28. The van der Waals surface area contributed by atoms with Crippen molar-refractivity contribution >= 4 is 10.9 Å². The van der Waals surface area contributed by atoms with Crippen LogP contribution in [-0.4, -0.2) is 28.8 Å². The standard InChI is InChI=1S/C16H20N2O/c19-16(8-3-10-17-11-9-16)12-14-7-6-13-4-1-2-5-15(13)18-14/h1-2,4-7,17,19H,3,8-12H2. The predicted octanol–water partition coefficient (Wildman–Crippen LogP) is 2.28. The summed E-state index contributed by atoms with van der Waals surface area (Å²) in [6, 6.07) is 12.3. The Morgan fingerprint density at radius 3 is 2.95 bits per heavy atom. The van der Waals surface area contributed by atoms with Crippen molar-refractivity contribution < 1.29 is 5.11 Å². The van der Waals surface area contributed by atoms with E-state index in [2.05, 4.69) is 22.4 Å². The van der Waals surface area contributed by atoms with Gasteiger partial charge in [0.1, 0.15) is 0 Å². The van der Waals surface area contributed by atoms with E-state index in [1.807, 2.05) is 24.3 Å². The molecule has 3 rings (SSSR count). The lowest BCUT2D eigenvalue weighted by Gasteiger charge is -2.25. The first-order valence-corrected chi connectivity index (χ1v) is 7.03. The van der Waals surface area contributed by atoms with E-state index in [1.165, 1.54) is 0 Å². The second-order valence-corrected chi connectivity index (χ2v) is 5.50. The summed E-state index contributed by atoms with van der Waals surface area (Å²) >= 11 is 0. The zero-order valence-electron chi connectivity index (χ0n) is 11.1. The zero-order chi connectivity index (χ0) is 13.1. The second kappa shape index (κ2) is 5.27. The summed E-state index contributed by atoms with van der Waals surface area (Å²) < 4.78 is 0. The molecule has 1 aromatic carbocycles. The Morgan fingerprint density at radius 2 is 2.00 bits per heavy atom. The van der Waals surface area contributed by atoms with Crippen LogP contribution < -0.4 is 5.32 Å². The van der Waals surface area contributed by atoms with Crippen molar-refractivity contribution in [3.63, 3.8) is 0 Å². The number of hydrogen-bond donors (Lipinski definition) is 2. The highest BCUT2D eigenvalue weighted by atomic mass is 16.3. The van der Waals surface area contributed by atoms with Gasteiger partial charge in [-0.1, -0.05) is 24.3 Å². The number of nitrogens with zero attached hydrogens (tertiary/aromatic N) is 1. The first-order valence-electron chi connectivity index (χ1n) is 7.03. The molecule has 0 aliphatic carbocycles. The number of fused-ring (bicyclic) bond motifs is 1. The fourth-order valence-electron chi connectivity index (χ4n) is 2.83. The molecule has 3 nitrogen and oxygen atoms in total. The molecule has 100 valence electrons. The Labute approximate surface area is 113 Å². The van der Waals surface area contributed by atoms with Gasteiger partial charge in [-0.3, -0.25) is 4.98 Å². The molecule has 1 unspecified atom stereocenters. The van der Waals surface area contributed by atoms with Crippen molar-refractivity contribution in [2.45, 2.75) is 31.3 Å². The molecule has 0 bridgehead atoms. The topological polar surface area (TPSA) is 45.2 Å². The van der Waals surface area contributed by atoms with Crippen LogP contribution in [0.5, 0.6) is 0 Å². The molecule has 0 spiro atoms. The summed E-state index contributed by atoms with van der Waals surface area (Å²) in [7, 11) is 0. The van der Waals surface area contributed by atoms with Crippen LogP contribution in [0.15, 0.2) is 36.4 Å². The van der Waals surface area contributed by atoms with Crippen molar-refractivity contribution in [2.24, 2.45) is 0 Å². The lowest BCUT2D eigenvalue weighted by atomic mass is 9.89. The number of pyridine rings is 1. The predicted molar refractivity (Wildman–Crippen MR) is 77.1 cm³/mol. The van der Waals surface area contributed by atoms with Gasteiger partial charge in [0.15, 0.2) is 0 Å². The van der Waals surface area contributed by atoms with Gasteiger partial charge in [-0.25, -0.2) is 0 Å². The molecule has 2 aromatic rings. The van der Waals surface area contributed by atoms with Crippen molar-refractivity contribution in [1.29, 1.82) is 0 Å². The number of para-hydroxylation sites is 1. The number of benzene rings is 1. The van der Waals surface area contributed by atoms with E-state index in [0.717, 1.165) is 48.9 Å². The van der Waals surface area contributed by atoms with Gasteiger partial charge in [-0.15, -0.1) is 0 Å². The molecule has 1 aliphatic heterocycles. The lowest BCUT2D eigenvalue weighted by Crippen LogP contribution is -2.32. The van der Waals surface area contributed by atoms with Crippen molar-refractivity contribution in [3.05, 3.63) is 42.1 Å². The lowest BCUT2D eigenvalue weighted by molar-refractivity contribution is 0.0276. The molecule has 2 N–H and O–H groups in total. The van der Waals surface area contributed by atoms with Gasteiger partial charge in [0.05, 0.1) is 11.1 Å². The highest BCUT2D eigenvalue weighted by Crippen LogP contribution is 2.24. The maximum absolute atomic E-state index is 10.7. The molecule has 1 atom stereocenters. The summed E-state index contributed by atoms with van der Waals surface area (Å²) in [5.74, 6) is 0. The third-order valence-corrected chi connectivity index (χ3v) is 3.93. The normalized spacial score (nSPS) is 24.3. The molecule has 19 heavy (non-hydrogen) atoms. The fraction of sp³-hybridized carbons (Fsp3) is 0.438. The van der Waals surface area contributed by atoms with Crippen LogP contribution in [0.2, 0.25) is 0 Å². The minimum Gasteiger partial charge on any atom is -0.389 e. The quantitative estimate of drug-likeness (QED) is 0.866. The first kappa shape index (κ1) is 12.6. The van der Waals surface area contributed by atoms with Crippen molar-refractivity contribution in [3.8, 4) is 0 Å². The minimum atomic E-state index is -0.598. The average Bonchev–Trinajstić information content (AvgIpc) is 2.63. The summed E-state index contributed by atoms with van der Waals surface area (Å²) in [6.07, 6.45) is 3.35. The van der Waals surface area contributed by atoms with Crippen LogP contribution in [0.25, 0.3) is 10.9 Å². The Kier molecular flexibility index (Phi) is 3.49. The van der Waals surface area contributed by atoms with Gasteiger partial charge >= 0.3 is 0 Å². The molecular weight excluding hydrogens is 236 g/mol. The van der Waals surface area contributed by atoms with Crippen molar-refractivity contribution in [2.75, 3.05) is 13.1 Å². The van der Waals surface area contributed by atoms with Crippen LogP contribution >= 0.6 is 0 Å². The van der Waals surface area contributed by atoms with Gasteiger partial charge in [0.25, 0.3) is 0 Å². The molecule has 1 aliphatic rings. The molecule has 1 aromatic heterocycles. The van der Waals surface area contributed by atoms with Gasteiger partial charge < -0.3 is 10.4 Å². The van der Waals surface area contributed by atoms with Crippen LogP contribution in [0.3, 0.4) is 0 Å². The smallest absolute Gasteiger partial charge is 0.0715 e. The summed E-state index contributed by atoms with van der Waals surface area (Å²) in [5, 5.41) is 15.2. The second-order valence-electron chi connectivity index (χ2n) is 5.50. The van der Waals surface area contributed by atoms with Gasteiger partial charge in [-0.05, 0) is 44.5 Å². The van der Waals surface area contributed by atoms with Gasteiger partial charge in [0.2, 0.25) is 0 Å². The average molecular weight is 256 g/mol. The fourth-order valence-corrected chi connectivity index (χ4v) is 2.83. The van der Waals surface area contributed by atoms with E-state index in [9.17, 15) is 5.11 Å². The summed E-state index contributed by atoms with van der Waals surface area (Å²) in [4.78, 5) is 4.66. The Balaban J connectivity index is 1.83. The molecule has 2 heterocycles. The van der Waals surface area contributed by atoms with E-state index in [4.69, 9.17) is 0 Å². The number of hydrogen-bond acceptors (Lipinski definition) is 3. The van der Waals surface area contributed by atoms with E-state index < -0.39 is 5.60 Å². The minimum absolute atomic E-state index is 0.598. The Morgan fingerprint density at radius 1 is 1.11 bits per heavy atom. The number of aromatic nitrogens is 1. The third-order valence-electron chi connectivity index (χ3n) is 3.93. The number of rotatable bonds is 2. The SMILES string of the molecule is OC1(Cc2ccc3ccccc3n2)CCCNCC1. The molecular formula is C16H20N2O. The summed E-state index contributed by atoms with van der Waals surface area (Å²) in [5.41, 5.74) is 1.40. The van der Waals surface area contributed by atoms with Crippen molar-refractivity contribution in [1.82, 2.24) is 10.3 Å².